The third-order valence-electron chi connectivity index (χ3n) is 2.79. The van der Waals surface area contributed by atoms with E-state index in [9.17, 15) is 4.79 Å². The van der Waals surface area contributed by atoms with Gasteiger partial charge in [0.25, 0.3) is 0 Å². The van der Waals surface area contributed by atoms with Gasteiger partial charge in [-0.1, -0.05) is 24.9 Å². The molecule has 0 saturated heterocycles. The number of aromatic nitrogens is 1. The number of halogens is 1. The van der Waals surface area contributed by atoms with Gasteiger partial charge in [-0.05, 0) is 30.7 Å². The van der Waals surface area contributed by atoms with Crippen molar-refractivity contribution in [3.63, 3.8) is 0 Å². The zero-order valence-electron chi connectivity index (χ0n) is 11.3. The standard InChI is InChI=1S/C15H16ClNO3/c1-2-3-9-19-14(18)10-20-13-7-6-12(16)11-5-4-8-17-15(11)13/h4-8H,2-3,9-10H2,1H3. The van der Waals surface area contributed by atoms with Crippen LogP contribution in [0.3, 0.4) is 0 Å². The van der Waals surface area contributed by atoms with Crippen molar-refractivity contribution in [3.8, 4) is 5.75 Å². The number of esters is 1. The number of unbranched alkanes of at least 4 members (excludes halogenated alkanes) is 1. The van der Waals surface area contributed by atoms with Crippen LogP contribution in [0.15, 0.2) is 30.5 Å². The molecule has 5 heteroatoms. The topological polar surface area (TPSA) is 48.4 Å². The predicted octanol–water partition coefficient (Wildman–Crippen LogP) is 3.61. The summed E-state index contributed by atoms with van der Waals surface area (Å²) in [6.07, 6.45) is 3.50. The quantitative estimate of drug-likeness (QED) is 0.603. The molecular weight excluding hydrogens is 278 g/mol. The van der Waals surface area contributed by atoms with Crippen molar-refractivity contribution in [2.45, 2.75) is 19.8 Å². The molecule has 106 valence electrons. The van der Waals surface area contributed by atoms with Crippen LogP contribution >= 0.6 is 11.6 Å². The number of ether oxygens (including phenoxy) is 2. The van der Waals surface area contributed by atoms with Crippen LogP contribution in [0, 0.1) is 0 Å². The molecule has 2 rings (SSSR count). The monoisotopic (exact) mass is 293 g/mol. The summed E-state index contributed by atoms with van der Waals surface area (Å²) in [7, 11) is 0. The van der Waals surface area contributed by atoms with Crippen LogP contribution < -0.4 is 4.74 Å². The summed E-state index contributed by atoms with van der Waals surface area (Å²) in [6.45, 7) is 2.34. The van der Waals surface area contributed by atoms with Gasteiger partial charge in [0.2, 0.25) is 0 Å². The van der Waals surface area contributed by atoms with E-state index in [0.29, 0.717) is 22.9 Å². The van der Waals surface area contributed by atoms with E-state index >= 15 is 0 Å². The molecular formula is C15H16ClNO3. The summed E-state index contributed by atoms with van der Waals surface area (Å²) in [5.41, 5.74) is 0.640. The molecule has 0 radical (unpaired) electrons. The predicted molar refractivity (Wildman–Crippen MR) is 78.1 cm³/mol. The first-order valence-electron chi connectivity index (χ1n) is 6.54. The van der Waals surface area contributed by atoms with E-state index in [1.165, 1.54) is 0 Å². The lowest BCUT2D eigenvalue weighted by Gasteiger charge is -2.09. The SMILES string of the molecule is CCCCOC(=O)COc1ccc(Cl)c2cccnc12. The van der Waals surface area contributed by atoms with Crippen LogP contribution in [0.2, 0.25) is 5.02 Å². The molecule has 1 aromatic heterocycles. The van der Waals surface area contributed by atoms with Crippen LogP contribution in [-0.2, 0) is 9.53 Å². The summed E-state index contributed by atoms with van der Waals surface area (Å²) >= 11 is 6.09. The Hall–Kier alpha value is -1.81. The van der Waals surface area contributed by atoms with Gasteiger partial charge in [0.1, 0.15) is 11.3 Å². The molecule has 1 aromatic carbocycles. The van der Waals surface area contributed by atoms with E-state index < -0.39 is 0 Å². The third-order valence-corrected chi connectivity index (χ3v) is 3.12. The Balaban J connectivity index is 2.03. The van der Waals surface area contributed by atoms with Gasteiger partial charge in [0, 0.05) is 11.6 Å². The Bertz CT molecular complexity index is 601. The number of hydrogen-bond donors (Lipinski definition) is 0. The smallest absolute Gasteiger partial charge is 0.344 e. The fourth-order valence-corrected chi connectivity index (χ4v) is 1.95. The lowest BCUT2D eigenvalue weighted by atomic mass is 10.2. The molecule has 4 nitrogen and oxygen atoms in total. The molecule has 0 spiro atoms. The van der Waals surface area contributed by atoms with E-state index in [4.69, 9.17) is 21.1 Å². The molecule has 0 N–H and O–H groups in total. The molecule has 0 aliphatic heterocycles. The maximum Gasteiger partial charge on any atom is 0.344 e. The molecule has 0 fully saturated rings. The highest BCUT2D eigenvalue weighted by Crippen LogP contribution is 2.29. The second kappa shape index (κ2) is 7.10. The molecule has 20 heavy (non-hydrogen) atoms. The zero-order chi connectivity index (χ0) is 14.4. The third kappa shape index (κ3) is 3.61. The van der Waals surface area contributed by atoms with Crippen molar-refractivity contribution in [1.82, 2.24) is 4.98 Å². The second-order valence-corrected chi connectivity index (χ2v) is 4.71. The van der Waals surface area contributed by atoms with Gasteiger partial charge in [-0.3, -0.25) is 4.98 Å². The fourth-order valence-electron chi connectivity index (χ4n) is 1.74. The van der Waals surface area contributed by atoms with E-state index in [2.05, 4.69) is 4.98 Å². The lowest BCUT2D eigenvalue weighted by molar-refractivity contribution is -0.146. The maximum absolute atomic E-state index is 11.5. The van der Waals surface area contributed by atoms with Gasteiger partial charge in [0.15, 0.2) is 6.61 Å². The lowest BCUT2D eigenvalue weighted by Crippen LogP contribution is -2.15. The number of hydrogen-bond acceptors (Lipinski definition) is 4. The summed E-state index contributed by atoms with van der Waals surface area (Å²) in [5, 5.41) is 1.40. The van der Waals surface area contributed by atoms with Crippen molar-refractivity contribution in [3.05, 3.63) is 35.5 Å². The van der Waals surface area contributed by atoms with Gasteiger partial charge >= 0.3 is 5.97 Å². The number of pyridine rings is 1. The summed E-state index contributed by atoms with van der Waals surface area (Å²) in [6, 6.07) is 7.09. The summed E-state index contributed by atoms with van der Waals surface area (Å²) < 4.78 is 10.5. The summed E-state index contributed by atoms with van der Waals surface area (Å²) in [4.78, 5) is 15.7. The molecule has 0 saturated carbocycles. The van der Waals surface area contributed by atoms with Gasteiger partial charge in [-0.2, -0.15) is 0 Å². The zero-order valence-corrected chi connectivity index (χ0v) is 12.0. The molecule has 1 heterocycles. The minimum Gasteiger partial charge on any atom is -0.480 e. The number of carbonyl (C=O) groups is 1. The average Bonchev–Trinajstić information content (AvgIpc) is 2.47. The van der Waals surface area contributed by atoms with Crippen molar-refractivity contribution in [2.75, 3.05) is 13.2 Å². The van der Waals surface area contributed by atoms with Crippen molar-refractivity contribution in [1.29, 1.82) is 0 Å². The van der Waals surface area contributed by atoms with E-state index in [1.54, 1.807) is 24.4 Å². The molecule has 2 aromatic rings. The van der Waals surface area contributed by atoms with Crippen LogP contribution in [-0.4, -0.2) is 24.2 Å². The number of rotatable bonds is 6. The molecule has 0 atom stereocenters. The van der Waals surface area contributed by atoms with E-state index in [0.717, 1.165) is 18.2 Å². The Morgan fingerprint density at radius 3 is 3.00 bits per heavy atom. The maximum atomic E-state index is 11.5. The second-order valence-electron chi connectivity index (χ2n) is 4.31. The molecule has 0 amide bonds. The first-order chi connectivity index (χ1) is 9.72. The normalized spacial score (nSPS) is 10.5. The van der Waals surface area contributed by atoms with Crippen LogP contribution in [0.1, 0.15) is 19.8 Å². The number of carbonyl (C=O) groups excluding carboxylic acids is 1. The number of fused-ring (bicyclic) bond motifs is 1. The Labute approximate surface area is 122 Å². The molecule has 0 aliphatic carbocycles. The largest absolute Gasteiger partial charge is 0.480 e. The van der Waals surface area contributed by atoms with Crippen molar-refractivity contribution >= 4 is 28.5 Å². The van der Waals surface area contributed by atoms with Crippen molar-refractivity contribution < 1.29 is 14.3 Å². The number of nitrogens with zero attached hydrogens (tertiary/aromatic N) is 1. The van der Waals surface area contributed by atoms with Gasteiger partial charge in [-0.25, -0.2) is 4.79 Å². The van der Waals surface area contributed by atoms with E-state index in [-0.39, 0.29) is 12.6 Å². The Morgan fingerprint density at radius 2 is 2.20 bits per heavy atom. The van der Waals surface area contributed by atoms with Crippen LogP contribution in [0.25, 0.3) is 10.9 Å². The van der Waals surface area contributed by atoms with Gasteiger partial charge < -0.3 is 9.47 Å². The van der Waals surface area contributed by atoms with Crippen LogP contribution in [0.5, 0.6) is 5.75 Å². The van der Waals surface area contributed by atoms with Gasteiger partial charge in [-0.15, -0.1) is 0 Å². The average molecular weight is 294 g/mol. The highest BCUT2D eigenvalue weighted by atomic mass is 35.5. The van der Waals surface area contributed by atoms with Gasteiger partial charge in [0.05, 0.1) is 11.6 Å². The number of benzene rings is 1. The van der Waals surface area contributed by atoms with Crippen molar-refractivity contribution in [2.24, 2.45) is 0 Å². The Morgan fingerprint density at radius 1 is 1.35 bits per heavy atom. The highest BCUT2D eigenvalue weighted by molar-refractivity contribution is 6.35. The van der Waals surface area contributed by atoms with E-state index in [1.807, 2.05) is 13.0 Å². The minimum absolute atomic E-state index is 0.128. The van der Waals surface area contributed by atoms with Crippen LogP contribution in [0.4, 0.5) is 0 Å². The minimum atomic E-state index is -0.377. The molecule has 0 unspecified atom stereocenters. The first-order valence-corrected chi connectivity index (χ1v) is 6.92. The summed E-state index contributed by atoms with van der Waals surface area (Å²) in [5.74, 6) is 0.148. The highest BCUT2D eigenvalue weighted by Gasteiger charge is 2.09. The molecule has 0 bridgehead atoms. The fraction of sp³-hybridized carbons (Fsp3) is 0.333. The molecule has 0 aliphatic rings. The Kier molecular flexibility index (Phi) is 5.18. The first kappa shape index (κ1) is 14.6.